The molecule has 1 heterocycles. The molecule has 0 N–H and O–H groups in total. The van der Waals surface area contributed by atoms with Crippen LogP contribution >= 0.6 is 11.8 Å². The van der Waals surface area contributed by atoms with Gasteiger partial charge in [0, 0.05) is 5.39 Å². The molecule has 0 unspecified atom stereocenters. The van der Waals surface area contributed by atoms with Crippen molar-refractivity contribution >= 4 is 32.7 Å². The fourth-order valence-electron chi connectivity index (χ4n) is 2.56. The Labute approximate surface area is 136 Å². The molecular formula is C17H17NO2S2. The molecule has 22 heavy (non-hydrogen) atoms. The molecule has 3 rings (SSSR count). The number of aryl methyl sites for hydroxylation is 2. The van der Waals surface area contributed by atoms with Gasteiger partial charge in [0.15, 0.2) is 0 Å². The number of rotatable bonds is 3. The zero-order valence-electron chi connectivity index (χ0n) is 13.6. The Bertz CT molecular complexity index is 990. The predicted molar refractivity (Wildman–Crippen MR) is 92.2 cm³/mol. The van der Waals surface area contributed by atoms with E-state index < -0.39 is 10.0 Å². The molecule has 1 aromatic heterocycles. The summed E-state index contributed by atoms with van der Waals surface area (Å²) in [6.07, 6.45) is 1.85. The molecule has 2 aromatic carbocycles. The molecular weight excluding hydrogens is 314 g/mol. The second-order valence-corrected chi connectivity index (χ2v) is 7.73. The lowest BCUT2D eigenvalue weighted by Crippen LogP contribution is -2.14. The molecule has 0 aliphatic rings. The minimum atomic E-state index is -3.71. The molecule has 0 aliphatic carbocycles. The van der Waals surface area contributed by atoms with Gasteiger partial charge in [-0.3, -0.25) is 0 Å². The van der Waals surface area contributed by atoms with Crippen molar-refractivity contribution in [2.75, 3.05) is 6.26 Å². The average Bonchev–Trinajstić information content (AvgIpc) is 2.82. The van der Waals surface area contributed by atoms with Crippen LogP contribution in [0.3, 0.4) is 0 Å². The standard InChI is InChI=1S/C17H17NO2S2/c1-12-8-10-14(11-9-12)22(19,20)18-16-7-5-4-6-15(16)13(2)17(18)21-3/h4-11H,1-3H3/i6D. The van der Waals surface area contributed by atoms with Crippen LogP contribution in [0.5, 0.6) is 0 Å². The maximum Gasteiger partial charge on any atom is 0.269 e. The number of benzene rings is 2. The van der Waals surface area contributed by atoms with Crippen LogP contribution in [0.15, 0.2) is 58.4 Å². The third-order valence-electron chi connectivity index (χ3n) is 3.69. The lowest BCUT2D eigenvalue weighted by atomic mass is 10.2. The van der Waals surface area contributed by atoms with Crippen molar-refractivity contribution in [2.24, 2.45) is 0 Å². The summed E-state index contributed by atoms with van der Waals surface area (Å²) >= 11 is 1.38. The first-order chi connectivity index (χ1) is 10.9. The van der Waals surface area contributed by atoms with Gasteiger partial charge in [0.1, 0.15) is 0 Å². The van der Waals surface area contributed by atoms with Crippen LogP contribution < -0.4 is 0 Å². The molecule has 0 fully saturated rings. The summed E-state index contributed by atoms with van der Waals surface area (Å²) in [6, 6.07) is 12.3. The monoisotopic (exact) mass is 332 g/mol. The van der Waals surface area contributed by atoms with Crippen LogP contribution in [0, 0.1) is 13.8 Å². The molecule has 0 saturated heterocycles. The number of fused-ring (bicyclic) bond motifs is 1. The van der Waals surface area contributed by atoms with Gasteiger partial charge in [-0.15, -0.1) is 11.8 Å². The van der Waals surface area contributed by atoms with E-state index in [1.165, 1.54) is 15.7 Å². The normalized spacial score (nSPS) is 12.6. The zero-order valence-corrected chi connectivity index (χ0v) is 14.3. The summed E-state index contributed by atoms with van der Waals surface area (Å²) < 4.78 is 35.8. The molecule has 0 saturated carbocycles. The van der Waals surface area contributed by atoms with Gasteiger partial charge in [0.05, 0.1) is 16.8 Å². The van der Waals surface area contributed by atoms with E-state index in [2.05, 4.69) is 0 Å². The minimum absolute atomic E-state index is 0.255. The SMILES string of the molecule is [2H]c1cccc2c1c(C)c(SC)n2S(=O)(=O)c1ccc(C)cc1. The highest BCUT2D eigenvalue weighted by atomic mass is 32.2. The van der Waals surface area contributed by atoms with Gasteiger partial charge >= 0.3 is 0 Å². The molecule has 0 radical (unpaired) electrons. The second kappa shape index (κ2) is 5.48. The van der Waals surface area contributed by atoms with E-state index in [1.807, 2.05) is 20.1 Å². The van der Waals surface area contributed by atoms with Gasteiger partial charge in [-0.05, 0) is 43.9 Å². The number of hydrogen-bond acceptors (Lipinski definition) is 3. The van der Waals surface area contributed by atoms with Gasteiger partial charge in [0.2, 0.25) is 0 Å². The summed E-state index contributed by atoms with van der Waals surface area (Å²) in [4.78, 5) is 0.255. The maximum absolute atomic E-state index is 13.2. The Hall–Kier alpha value is -1.72. The highest BCUT2D eigenvalue weighted by molar-refractivity contribution is 7.99. The lowest BCUT2D eigenvalue weighted by Gasteiger charge is -2.11. The van der Waals surface area contributed by atoms with E-state index >= 15 is 0 Å². The van der Waals surface area contributed by atoms with Crippen molar-refractivity contribution in [3.05, 3.63) is 59.6 Å². The maximum atomic E-state index is 13.2. The molecule has 3 aromatic rings. The lowest BCUT2D eigenvalue weighted by molar-refractivity contribution is 0.585. The molecule has 0 bridgehead atoms. The van der Waals surface area contributed by atoms with E-state index in [-0.39, 0.29) is 4.90 Å². The molecule has 0 amide bonds. The van der Waals surface area contributed by atoms with E-state index in [9.17, 15) is 8.42 Å². The summed E-state index contributed by atoms with van der Waals surface area (Å²) in [5.74, 6) is 0. The Kier molecular flexibility index (Phi) is 3.47. The Morgan fingerprint density at radius 3 is 2.41 bits per heavy atom. The van der Waals surface area contributed by atoms with Crippen molar-refractivity contribution in [2.45, 2.75) is 23.8 Å². The summed E-state index contributed by atoms with van der Waals surface area (Å²) in [5, 5.41) is 1.34. The fourth-order valence-corrected chi connectivity index (χ4v) is 5.20. The average molecular weight is 332 g/mol. The van der Waals surface area contributed by atoms with Crippen LogP contribution in [-0.2, 0) is 10.0 Å². The Morgan fingerprint density at radius 1 is 1.09 bits per heavy atom. The third-order valence-corrected chi connectivity index (χ3v) is 6.40. The van der Waals surface area contributed by atoms with Gasteiger partial charge in [-0.2, -0.15) is 0 Å². The molecule has 5 heteroatoms. The Morgan fingerprint density at radius 2 is 1.77 bits per heavy atom. The minimum Gasteiger partial charge on any atom is -0.228 e. The molecule has 0 atom stereocenters. The molecule has 0 spiro atoms. The largest absolute Gasteiger partial charge is 0.269 e. The topological polar surface area (TPSA) is 39.1 Å². The van der Waals surface area contributed by atoms with Crippen molar-refractivity contribution in [3.63, 3.8) is 0 Å². The first kappa shape index (κ1) is 13.9. The summed E-state index contributed by atoms with van der Waals surface area (Å²) in [5.41, 5.74) is 2.39. The van der Waals surface area contributed by atoms with Crippen LogP contribution in [-0.4, -0.2) is 18.6 Å². The smallest absolute Gasteiger partial charge is 0.228 e. The molecule has 0 aliphatic heterocycles. The van der Waals surface area contributed by atoms with Crippen LogP contribution in [0.1, 0.15) is 12.5 Å². The van der Waals surface area contributed by atoms with E-state index in [0.29, 0.717) is 22.0 Å². The number of para-hydroxylation sites is 1. The van der Waals surface area contributed by atoms with Crippen molar-refractivity contribution in [1.29, 1.82) is 0 Å². The van der Waals surface area contributed by atoms with Crippen LogP contribution in [0.2, 0.25) is 0 Å². The third kappa shape index (κ3) is 2.25. The highest BCUT2D eigenvalue weighted by Gasteiger charge is 2.24. The van der Waals surface area contributed by atoms with Crippen molar-refractivity contribution in [1.82, 2.24) is 3.97 Å². The second-order valence-electron chi connectivity index (χ2n) is 5.15. The number of aromatic nitrogens is 1. The van der Waals surface area contributed by atoms with Crippen molar-refractivity contribution < 1.29 is 9.79 Å². The number of hydrogen-bond donors (Lipinski definition) is 0. The van der Waals surface area contributed by atoms with Gasteiger partial charge in [-0.25, -0.2) is 12.4 Å². The van der Waals surface area contributed by atoms with E-state index in [4.69, 9.17) is 1.37 Å². The predicted octanol–water partition coefficient (Wildman–Crippen LogP) is 4.22. The summed E-state index contributed by atoms with van der Waals surface area (Å²) in [7, 11) is -3.71. The molecule has 114 valence electrons. The Balaban J connectivity index is 2.39. The fraction of sp³-hybridized carbons (Fsp3) is 0.176. The first-order valence-corrected chi connectivity index (χ1v) is 9.51. The molecule has 3 nitrogen and oxygen atoms in total. The van der Waals surface area contributed by atoms with Crippen LogP contribution in [0.4, 0.5) is 0 Å². The number of nitrogens with zero attached hydrogens (tertiary/aromatic N) is 1. The van der Waals surface area contributed by atoms with Gasteiger partial charge in [-0.1, -0.05) is 35.9 Å². The van der Waals surface area contributed by atoms with Crippen molar-refractivity contribution in [3.8, 4) is 0 Å². The number of thioether (sulfide) groups is 1. The summed E-state index contributed by atoms with van der Waals surface area (Å²) in [6.45, 7) is 3.79. The highest BCUT2D eigenvalue weighted by Crippen LogP contribution is 2.34. The quantitative estimate of drug-likeness (QED) is 0.674. The van der Waals surface area contributed by atoms with Gasteiger partial charge < -0.3 is 0 Å². The van der Waals surface area contributed by atoms with Crippen LogP contribution in [0.25, 0.3) is 10.9 Å². The van der Waals surface area contributed by atoms with E-state index in [0.717, 1.165) is 11.1 Å². The van der Waals surface area contributed by atoms with E-state index in [1.54, 1.807) is 42.5 Å². The first-order valence-electron chi connectivity index (χ1n) is 7.35. The van der Waals surface area contributed by atoms with Gasteiger partial charge in [0.25, 0.3) is 10.0 Å². The zero-order chi connectivity index (χ0) is 16.8.